The lowest BCUT2D eigenvalue weighted by Gasteiger charge is -2.13. The highest BCUT2D eigenvalue weighted by molar-refractivity contribution is 6.07. The predicted molar refractivity (Wildman–Crippen MR) is 94.7 cm³/mol. The summed E-state index contributed by atoms with van der Waals surface area (Å²) in [6.45, 7) is 3.76. The van der Waals surface area contributed by atoms with Crippen LogP contribution in [0.2, 0.25) is 0 Å². The molecule has 0 unspecified atom stereocenters. The number of hydrogen-bond acceptors (Lipinski definition) is 6. The summed E-state index contributed by atoms with van der Waals surface area (Å²) in [4.78, 5) is 33.2. The SMILES string of the molecule is CCCOc1ccccc1NC(=O)c1cc([N+](=O)[O-])cc([N+](=O)[O-])c1C. The summed E-state index contributed by atoms with van der Waals surface area (Å²) in [5, 5.41) is 24.8. The van der Waals surface area contributed by atoms with Crippen LogP contribution in [0.25, 0.3) is 0 Å². The quantitative estimate of drug-likeness (QED) is 0.591. The molecule has 0 saturated carbocycles. The second-order valence-corrected chi connectivity index (χ2v) is 5.45. The summed E-state index contributed by atoms with van der Waals surface area (Å²) >= 11 is 0. The van der Waals surface area contributed by atoms with Crippen LogP contribution in [0, 0.1) is 27.2 Å². The van der Waals surface area contributed by atoms with Gasteiger partial charge in [0.15, 0.2) is 0 Å². The Balaban J connectivity index is 2.41. The van der Waals surface area contributed by atoms with Crippen molar-refractivity contribution in [3.63, 3.8) is 0 Å². The Labute approximate surface area is 148 Å². The maximum Gasteiger partial charge on any atom is 0.279 e. The Bertz CT molecular complexity index is 866. The average molecular weight is 359 g/mol. The van der Waals surface area contributed by atoms with Gasteiger partial charge < -0.3 is 10.1 Å². The van der Waals surface area contributed by atoms with E-state index in [1.165, 1.54) is 6.92 Å². The molecule has 0 bridgehead atoms. The van der Waals surface area contributed by atoms with E-state index in [1.54, 1.807) is 24.3 Å². The van der Waals surface area contributed by atoms with Crippen molar-refractivity contribution in [2.75, 3.05) is 11.9 Å². The van der Waals surface area contributed by atoms with E-state index in [0.717, 1.165) is 18.6 Å². The number of nitro groups is 2. The van der Waals surface area contributed by atoms with Gasteiger partial charge in [-0.25, -0.2) is 0 Å². The van der Waals surface area contributed by atoms with Crippen molar-refractivity contribution in [3.05, 3.63) is 67.8 Å². The van der Waals surface area contributed by atoms with Gasteiger partial charge in [-0.3, -0.25) is 25.0 Å². The summed E-state index contributed by atoms with van der Waals surface area (Å²) in [5.74, 6) is -0.248. The number of non-ortho nitro benzene ring substituents is 1. The molecule has 2 aromatic rings. The Hall–Kier alpha value is -3.49. The van der Waals surface area contributed by atoms with E-state index in [4.69, 9.17) is 4.74 Å². The maximum absolute atomic E-state index is 12.6. The van der Waals surface area contributed by atoms with Crippen LogP contribution < -0.4 is 10.1 Å². The van der Waals surface area contributed by atoms with Gasteiger partial charge in [-0.05, 0) is 25.5 Å². The van der Waals surface area contributed by atoms with Crippen molar-refractivity contribution in [2.45, 2.75) is 20.3 Å². The predicted octanol–water partition coefficient (Wildman–Crippen LogP) is 3.85. The minimum absolute atomic E-state index is 0.0463. The van der Waals surface area contributed by atoms with Crippen LogP contribution >= 0.6 is 0 Å². The normalized spacial score (nSPS) is 10.2. The highest BCUT2D eigenvalue weighted by atomic mass is 16.6. The van der Waals surface area contributed by atoms with E-state index < -0.39 is 27.1 Å². The van der Waals surface area contributed by atoms with Crippen molar-refractivity contribution in [3.8, 4) is 5.75 Å². The molecule has 9 nitrogen and oxygen atoms in total. The lowest BCUT2D eigenvalue weighted by atomic mass is 10.0. The Morgan fingerprint density at radius 1 is 1.15 bits per heavy atom. The molecule has 0 spiro atoms. The third-order valence-electron chi connectivity index (χ3n) is 3.61. The molecule has 0 saturated heterocycles. The summed E-state index contributed by atoms with van der Waals surface area (Å²) in [5.41, 5.74) is -0.733. The number of amides is 1. The van der Waals surface area contributed by atoms with E-state index in [-0.39, 0.29) is 11.1 Å². The number of nitrogens with zero attached hydrogens (tertiary/aromatic N) is 2. The second-order valence-electron chi connectivity index (χ2n) is 5.45. The fraction of sp³-hybridized carbons (Fsp3) is 0.235. The highest BCUT2D eigenvalue weighted by Crippen LogP contribution is 2.30. The number of hydrogen-bond donors (Lipinski definition) is 1. The minimum Gasteiger partial charge on any atom is -0.491 e. The standard InChI is InChI=1S/C17H17N3O6/c1-3-8-26-16-7-5-4-6-14(16)18-17(21)13-9-12(19(22)23)10-15(11(13)2)20(24)25/h4-7,9-10H,3,8H2,1-2H3,(H,18,21). The van der Waals surface area contributed by atoms with Crippen molar-refractivity contribution in [1.29, 1.82) is 0 Å². The number of rotatable bonds is 7. The van der Waals surface area contributed by atoms with Crippen molar-refractivity contribution in [1.82, 2.24) is 0 Å². The average Bonchev–Trinajstić information content (AvgIpc) is 2.60. The molecule has 0 radical (unpaired) electrons. The third-order valence-corrected chi connectivity index (χ3v) is 3.61. The monoisotopic (exact) mass is 359 g/mol. The Kier molecular flexibility index (Phi) is 5.84. The lowest BCUT2D eigenvalue weighted by Crippen LogP contribution is -2.15. The molecule has 0 aliphatic heterocycles. The van der Waals surface area contributed by atoms with Gasteiger partial charge in [-0.1, -0.05) is 19.1 Å². The zero-order valence-electron chi connectivity index (χ0n) is 14.2. The summed E-state index contributed by atoms with van der Waals surface area (Å²) in [7, 11) is 0. The first kappa shape index (κ1) is 18.8. The second kappa shape index (κ2) is 8.06. The first-order valence-corrected chi connectivity index (χ1v) is 7.81. The molecule has 2 aromatic carbocycles. The van der Waals surface area contributed by atoms with E-state index >= 15 is 0 Å². The molecule has 1 amide bonds. The van der Waals surface area contributed by atoms with Crippen LogP contribution in [0.1, 0.15) is 29.3 Å². The van der Waals surface area contributed by atoms with Gasteiger partial charge in [0.2, 0.25) is 0 Å². The zero-order valence-corrected chi connectivity index (χ0v) is 14.2. The molecule has 0 aromatic heterocycles. The molecule has 1 N–H and O–H groups in total. The Morgan fingerprint density at radius 3 is 2.46 bits per heavy atom. The molecule has 0 aliphatic rings. The molecule has 0 heterocycles. The van der Waals surface area contributed by atoms with Crippen LogP contribution in [-0.2, 0) is 0 Å². The van der Waals surface area contributed by atoms with Crippen molar-refractivity contribution >= 4 is 23.0 Å². The fourth-order valence-electron chi connectivity index (χ4n) is 2.31. The molecule has 0 aliphatic carbocycles. The molecule has 136 valence electrons. The molecule has 0 atom stereocenters. The summed E-state index contributed by atoms with van der Waals surface area (Å²) < 4.78 is 5.55. The maximum atomic E-state index is 12.6. The van der Waals surface area contributed by atoms with Gasteiger partial charge in [-0.2, -0.15) is 0 Å². The van der Waals surface area contributed by atoms with Gasteiger partial charge >= 0.3 is 0 Å². The number of carbonyl (C=O) groups is 1. The molecule has 2 rings (SSSR count). The van der Waals surface area contributed by atoms with Gasteiger partial charge in [0.25, 0.3) is 17.3 Å². The minimum atomic E-state index is -0.776. The lowest BCUT2D eigenvalue weighted by molar-refractivity contribution is -0.394. The van der Waals surface area contributed by atoms with E-state index in [0.29, 0.717) is 18.0 Å². The van der Waals surface area contributed by atoms with E-state index in [9.17, 15) is 25.0 Å². The number of ether oxygens (including phenoxy) is 1. The number of anilines is 1. The van der Waals surface area contributed by atoms with Crippen LogP contribution in [0.5, 0.6) is 5.75 Å². The molecule has 9 heteroatoms. The van der Waals surface area contributed by atoms with Gasteiger partial charge in [0.1, 0.15) is 5.75 Å². The van der Waals surface area contributed by atoms with Gasteiger partial charge in [0.05, 0.1) is 33.8 Å². The molecular weight excluding hydrogens is 342 g/mol. The van der Waals surface area contributed by atoms with E-state index in [1.807, 2.05) is 6.92 Å². The highest BCUT2D eigenvalue weighted by Gasteiger charge is 2.25. The van der Waals surface area contributed by atoms with Crippen LogP contribution in [-0.4, -0.2) is 22.4 Å². The summed E-state index contributed by atoms with van der Waals surface area (Å²) in [6, 6.07) is 8.58. The van der Waals surface area contributed by atoms with Crippen LogP contribution in [0.3, 0.4) is 0 Å². The van der Waals surface area contributed by atoms with Crippen molar-refractivity contribution < 1.29 is 19.4 Å². The van der Waals surface area contributed by atoms with E-state index in [2.05, 4.69) is 5.32 Å². The topological polar surface area (TPSA) is 125 Å². The van der Waals surface area contributed by atoms with Gasteiger partial charge in [0, 0.05) is 11.6 Å². The number of carbonyl (C=O) groups excluding carboxylic acids is 1. The number of benzene rings is 2. The number of nitro benzene ring substituents is 2. The molecular formula is C17H17N3O6. The van der Waals surface area contributed by atoms with Gasteiger partial charge in [-0.15, -0.1) is 0 Å². The number of para-hydroxylation sites is 2. The first-order valence-electron chi connectivity index (χ1n) is 7.81. The molecule has 0 fully saturated rings. The third kappa shape index (κ3) is 4.12. The van der Waals surface area contributed by atoms with Crippen LogP contribution in [0.15, 0.2) is 36.4 Å². The Morgan fingerprint density at radius 2 is 1.85 bits per heavy atom. The smallest absolute Gasteiger partial charge is 0.279 e. The summed E-state index contributed by atoms with van der Waals surface area (Å²) in [6.07, 6.45) is 0.776. The zero-order chi connectivity index (χ0) is 19.3. The first-order chi connectivity index (χ1) is 12.3. The fourth-order valence-corrected chi connectivity index (χ4v) is 2.31. The number of nitrogens with one attached hydrogen (secondary N) is 1. The largest absolute Gasteiger partial charge is 0.491 e. The van der Waals surface area contributed by atoms with Crippen molar-refractivity contribution in [2.24, 2.45) is 0 Å². The molecule has 26 heavy (non-hydrogen) atoms. The van der Waals surface area contributed by atoms with Crippen LogP contribution in [0.4, 0.5) is 17.1 Å².